The van der Waals surface area contributed by atoms with Crippen LogP contribution in [0.5, 0.6) is 0 Å². The number of aromatic nitrogens is 2. The fourth-order valence-electron chi connectivity index (χ4n) is 2.28. The number of aliphatic carboxylic acids is 1. The minimum atomic E-state index is -1.04. The Kier molecular flexibility index (Phi) is 6.12. The maximum atomic E-state index is 11.3. The molecule has 0 amide bonds. The summed E-state index contributed by atoms with van der Waals surface area (Å²) >= 11 is 6.03. The predicted octanol–water partition coefficient (Wildman–Crippen LogP) is 1.44. The number of anilines is 1. The third-order valence-corrected chi connectivity index (χ3v) is 3.57. The number of carbonyl (C=O) groups excluding carboxylic acids is 1. The third kappa shape index (κ3) is 5.04. The van der Waals surface area contributed by atoms with E-state index in [0.717, 1.165) is 12.8 Å². The number of carboxylic acid groups (broad SMARTS) is 1. The van der Waals surface area contributed by atoms with Crippen LogP contribution < -0.4 is 4.90 Å². The van der Waals surface area contributed by atoms with Gasteiger partial charge in [-0.05, 0) is 12.8 Å². The SMILES string of the molecule is COC(=O)CCN(CC(=O)O)c1cc(Cl)nc(C2CCCO2)n1. The maximum Gasteiger partial charge on any atom is 0.323 e. The Morgan fingerprint density at radius 1 is 1.52 bits per heavy atom. The summed E-state index contributed by atoms with van der Waals surface area (Å²) < 4.78 is 10.1. The van der Waals surface area contributed by atoms with E-state index in [0.29, 0.717) is 18.2 Å². The number of ether oxygens (including phenoxy) is 2. The zero-order chi connectivity index (χ0) is 16.8. The summed E-state index contributed by atoms with van der Waals surface area (Å²) in [6.45, 7) is 0.476. The standard InChI is InChI=1S/C14H18ClN3O5/c1-22-13(21)4-5-18(8-12(19)20)11-7-10(15)16-14(17-11)9-3-2-6-23-9/h7,9H,2-6,8H2,1H3,(H,19,20). The number of hydrogen-bond acceptors (Lipinski definition) is 7. The van der Waals surface area contributed by atoms with Gasteiger partial charge in [-0.15, -0.1) is 0 Å². The largest absolute Gasteiger partial charge is 0.480 e. The van der Waals surface area contributed by atoms with Crippen LogP contribution in [0.1, 0.15) is 31.2 Å². The van der Waals surface area contributed by atoms with Gasteiger partial charge < -0.3 is 19.5 Å². The molecule has 2 rings (SSSR count). The van der Waals surface area contributed by atoms with Gasteiger partial charge in [0.1, 0.15) is 23.6 Å². The van der Waals surface area contributed by atoms with E-state index < -0.39 is 11.9 Å². The molecule has 1 saturated heterocycles. The first-order valence-electron chi connectivity index (χ1n) is 7.19. The van der Waals surface area contributed by atoms with E-state index in [-0.39, 0.29) is 30.8 Å². The number of rotatable bonds is 7. The number of hydrogen-bond donors (Lipinski definition) is 1. The molecule has 0 bridgehead atoms. The van der Waals surface area contributed by atoms with Crippen molar-refractivity contribution in [3.8, 4) is 0 Å². The van der Waals surface area contributed by atoms with Crippen LogP contribution in [0.3, 0.4) is 0 Å². The van der Waals surface area contributed by atoms with Gasteiger partial charge in [-0.3, -0.25) is 9.59 Å². The van der Waals surface area contributed by atoms with E-state index in [1.54, 1.807) is 0 Å². The number of carboxylic acids is 1. The van der Waals surface area contributed by atoms with Crippen molar-refractivity contribution in [1.82, 2.24) is 9.97 Å². The summed E-state index contributed by atoms with van der Waals surface area (Å²) in [5.41, 5.74) is 0. The molecule has 23 heavy (non-hydrogen) atoms. The minimum Gasteiger partial charge on any atom is -0.480 e. The second-order valence-corrected chi connectivity index (χ2v) is 5.44. The van der Waals surface area contributed by atoms with Gasteiger partial charge in [-0.25, -0.2) is 9.97 Å². The average Bonchev–Trinajstić information content (AvgIpc) is 3.04. The molecule has 2 heterocycles. The van der Waals surface area contributed by atoms with E-state index in [1.165, 1.54) is 18.1 Å². The van der Waals surface area contributed by atoms with Crippen LogP contribution in [-0.2, 0) is 19.1 Å². The first-order chi connectivity index (χ1) is 11.0. The van der Waals surface area contributed by atoms with Crippen LogP contribution in [0.4, 0.5) is 5.82 Å². The normalized spacial score (nSPS) is 17.0. The van der Waals surface area contributed by atoms with Crippen molar-refractivity contribution in [3.05, 3.63) is 17.0 Å². The molecule has 0 radical (unpaired) electrons. The van der Waals surface area contributed by atoms with E-state index >= 15 is 0 Å². The van der Waals surface area contributed by atoms with Crippen molar-refractivity contribution in [2.45, 2.75) is 25.4 Å². The van der Waals surface area contributed by atoms with Crippen molar-refractivity contribution in [2.24, 2.45) is 0 Å². The summed E-state index contributed by atoms with van der Waals surface area (Å²) in [4.78, 5) is 32.3. The van der Waals surface area contributed by atoms with Crippen LogP contribution in [-0.4, -0.2) is 53.8 Å². The lowest BCUT2D eigenvalue weighted by Gasteiger charge is -2.22. The Hall–Kier alpha value is -1.93. The predicted molar refractivity (Wildman–Crippen MR) is 81.5 cm³/mol. The Morgan fingerprint density at radius 2 is 2.30 bits per heavy atom. The van der Waals surface area contributed by atoms with E-state index in [1.807, 2.05) is 0 Å². The Morgan fingerprint density at radius 3 is 2.91 bits per heavy atom. The fourth-order valence-corrected chi connectivity index (χ4v) is 2.46. The summed E-state index contributed by atoms with van der Waals surface area (Å²) in [6.07, 6.45) is 1.51. The van der Waals surface area contributed by atoms with Gasteiger partial charge in [0.25, 0.3) is 0 Å². The molecule has 1 aliphatic rings. The molecule has 126 valence electrons. The highest BCUT2D eigenvalue weighted by molar-refractivity contribution is 6.29. The minimum absolute atomic E-state index is 0.0423. The quantitative estimate of drug-likeness (QED) is 0.586. The topological polar surface area (TPSA) is 102 Å². The molecule has 9 heteroatoms. The smallest absolute Gasteiger partial charge is 0.323 e. The maximum absolute atomic E-state index is 11.3. The number of carbonyl (C=O) groups is 2. The first-order valence-corrected chi connectivity index (χ1v) is 7.57. The first kappa shape index (κ1) is 17.4. The molecule has 1 atom stereocenters. The van der Waals surface area contributed by atoms with Gasteiger partial charge in [-0.2, -0.15) is 0 Å². The van der Waals surface area contributed by atoms with Crippen LogP contribution in [0.25, 0.3) is 0 Å². The molecule has 1 unspecified atom stereocenters. The van der Waals surface area contributed by atoms with E-state index in [2.05, 4.69) is 14.7 Å². The molecule has 1 N–H and O–H groups in total. The Bertz CT molecular complexity index is 578. The molecule has 1 aromatic rings. The molecular weight excluding hydrogens is 326 g/mol. The Balaban J connectivity index is 2.21. The number of halogens is 1. The van der Waals surface area contributed by atoms with Gasteiger partial charge >= 0.3 is 11.9 Å². The van der Waals surface area contributed by atoms with Crippen LogP contribution >= 0.6 is 11.6 Å². The highest BCUT2D eigenvalue weighted by Crippen LogP contribution is 2.28. The zero-order valence-electron chi connectivity index (χ0n) is 12.7. The molecule has 1 fully saturated rings. The number of methoxy groups -OCH3 is 1. The summed E-state index contributed by atoms with van der Waals surface area (Å²) in [5, 5.41) is 9.26. The van der Waals surface area contributed by atoms with Gasteiger partial charge in [0.05, 0.1) is 13.5 Å². The van der Waals surface area contributed by atoms with Gasteiger partial charge in [0.2, 0.25) is 0 Å². The molecule has 0 aromatic carbocycles. The lowest BCUT2D eigenvalue weighted by molar-refractivity contribution is -0.141. The molecule has 0 saturated carbocycles. The van der Waals surface area contributed by atoms with Crippen LogP contribution in [0, 0.1) is 0 Å². The number of esters is 1. The summed E-state index contributed by atoms with van der Waals surface area (Å²) in [5.74, 6) is -0.691. The monoisotopic (exact) mass is 343 g/mol. The Labute approximate surface area is 138 Å². The average molecular weight is 344 g/mol. The lowest BCUT2D eigenvalue weighted by Crippen LogP contribution is -2.33. The van der Waals surface area contributed by atoms with Gasteiger partial charge in [0, 0.05) is 19.2 Å². The summed E-state index contributed by atoms with van der Waals surface area (Å²) in [6, 6.07) is 1.47. The van der Waals surface area contributed by atoms with Crippen molar-refractivity contribution < 1.29 is 24.2 Å². The molecule has 1 aromatic heterocycles. The number of nitrogens with zero attached hydrogens (tertiary/aromatic N) is 3. The molecule has 1 aliphatic heterocycles. The zero-order valence-corrected chi connectivity index (χ0v) is 13.5. The van der Waals surface area contributed by atoms with E-state index in [9.17, 15) is 9.59 Å². The molecule has 8 nitrogen and oxygen atoms in total. The second kappa shape index (κ2) is 8.07. The summed E-state index contributed by atoms with van der Waals surface area (Å²) in [7, 11) is 1.28. The molecular formula is C14H18ClN3O5. The van der Waals surface area contributed by atoms with Gasteiger partial charge in [-0.1, -0.05) is 11.6 Å². The lowest BCUT2D eigenvalue weighted by atomic mass is 10.2. The van der Waals surface area contributed by atoms with Crippen LogP contribution in [0.15, 0.2) is 6.07 Å². The third-order valence-electron chi connectivity index (χ3n) is 3.38. The van der Waals surface area contributed by atoms with Crippen molar-refractivity contribution in [2.75, 3.05) is 31.7 Å². The van der Waals surface area contributed by atoms with Crippen molar-refractivity contribution in [3.63, 3.8) is 0 Å². The van der Waals surface area contributed by atoms with Crippen molar-refractivity contribution >= 4 is 29.4 Å². The van der Waals surface area contributed by atoms with Crippen molar-refractivity contribution in [1.29, 1.82) is 0 Å². The van der Waals surface area contributed by atoms with Gasteiger partial charge in [0.15, 0.2) is 5.82 Å². The van der Waals surface area contributed by atoms with E-state index in [4.69, 9.17) is 21.4 Å². The highest BCUT2D eigenvalue weighted by Gasteiger charge is 2.23. The second-order valence-electron chi connectivity index (χ2n) is 5.05. The highest BCUT2D eigenvalue weighted by atomic mass is 35.5. The fraction of sp³-hybridized carbons (Fsp3) is 0.571. The molecule has 0 spiro atoms. The molecule has 0 aliphatic carbocycles. The van der Waals surface area contributed by atoms with Crippen LogP contribution in [0.2, 0.25) is 5.15 Å².